The van der Waals surface area contributed by atoms with Crippen LogP contribution in [0.1, 0.15) is 24.9 Å². The third-order valence-electron chi connectivity index (χ3n) is 2.09. The number of hydrogen-bond donors (Lipinski definition) is 1. The van der Waals surface area contributed by atoms with Crippen molar-refractivity contribution in [2.24, 2.45) is 10.3 Å². The fourth-order valence-electron chi connectivity index (χ4n) is 1.27. The average molecular weight is 228 g/mol. The van der Waals surface area contributed by atoms with Gasteiger partial charge < -0.3 is 0 Å². The maximum atomic E-state index is 11.1. The van der Waals surface area contributed by atoms with Crippen LogP contribution in [0, 0.1) is 4.91 Å². The average Bonchev–Trinajstić information content (AvgIpc) is 2.19. The fraction of sp³-hybridized carbons (Fsp3) is 0.333. The standard InChI is InChI=1S/C9H12N2O3S/c1-2-9(11-12)7-4-3-5-8(6-7)15(10,13)14/h3-6,9H,2H2,1H3,(H2,10,13,14). The van der Waals surface area contributed by atoms with Gasteiger partial charge in [0, 0.05) is 0 Å². The monoisotopic (exact) mass is 228 g/mol. The molecule has 0 saturated heterocycles. The minimum absolute atomic E-state index is 0.00194. The van der Waals surface area contributed by atoms with E-state index in [2.05, 4.69) is 5.18 Å². The van der Waals surface area contributed by atoms with E-state index in [4.69, 9.17) is 5.14 Å². The summed E-state index contributed by atoms with van der Waals surface area (Å²) in [6, 6.07) is 5.45. The lowest BCUT2D eigenvalue weighted by atomic mass is 10.1. The highest BCUT2D eigenvalue weighted by molar-refractivity contribution is 7.89. The van der Waals surface area contributed by atoms with Gasteiger partial charge >= 0.3 is 0 Å². The Balaban J connectivity index is 3.18. The molecule has 0 aliphatic rings. The molecule has 1 unspecified atom stereocenters. The van der Waals surface area contributed by atoms with E-state index in [1.165, 1.54) is 12.1 Å². The largest absolute Gasteiger partial charge is 0.238 e. The van der Waals surface area contributed by atoms with Gasteiger partial charge in [0.1, 0.15) is 6.04 Å². The number of nitrogens with two attached hydrogens (primary N) is 1. The predicted octanol–water partition coefficient (Wildman–Crippen LogP) is 1.55. The number of hydrogen-bond acceptors (Lipinski definition) is 4. The maximum absolute atomic E-state index is 11.1. The van der Waals surface area contributed by atoms with Crippen molar-refractivity contribution in [2.75, 3.05) is 0 Å². The van der Waals surface area contributed by atoms with Crippen LogP contribution < -0.4 is 5.14 Å². The van der Waals surface area contributed by atoms with E-state index in [1.54, 1.807) is 19.1 Å². The van der Waals surface area contributed by atoms with E-state index < -0.39 is 16.1 Å². The highest BCUT2D eigenvalue weighted by Gasteiger charge is 2.13. The molecule has 6 heteroatoms. The van der Waals surface area contributed by atoms with Crippen LogP contribution in [-0.4, -0.2) is 8.42 Å². The van der Waals surface area contributed by atoms with Crippen molar-refractivity contribution in [1.29, 1.82) is 0 Å². The summed E-state index contributed by atoms with van der Waals surface area (Å²) in [5, 5.41) is 7.89. The Labute approximate surface area is 88.3 Å². The van der Waals surface area contributed by atoms with Crippen LogP contribution in [0.3, 0.4) is 0 Å². The Hall–Kier alpha value is -1.27. The van der Waals surface area contributed by atoms with Gasteiger partial charge in [0.15, 0.2) is 0 Å². The third kappa shape index (κ3) is 2.84. The van der Waals surface area contributed by atoms with Crippen LogP contribution in [-0.2, 0) is 10.0 Å². The zero-order valence-electron chi connectivity index (χ0n) is 8.25. The Morgan fingerprint density at radius 2 is 2.13 bits per heavy atom. The Morgan fingerprint density at radius 3 is 2.60 bits per heavy atom. The molecule has 82 valence electrons. The summed E-state index contributed by atoms with van der Waals surface area (Å²) in [4.78, 5) is 10.5. The van der Waals surface area contributed by atoms with Gasteiger partial charge in [0.05, 0.1) is 4.90 Å². The van der Waals surface area contributed by atoms with Crippen LogP contribution in [0.25, 0.3) is 0 Å². The van der Waals surface area contributed by atoms with E-state index in [9.17, 15) is 13.3 Å². The van der Waals surface area contributed by atoms with Gasteiger partial charge in [-0.1, -0.05) is 24.2 Å². The van der Waals surface area contributed by atoms with Crippen LogP contribution in [0.15, 0.2) is 34.3 Å². The van der Waals surface area contributed by atoms with Crippen molar-refractivity contribution in [1.82, 2.24) is 0 Å². The summed E-state index contributed by atoms with van der Waals surface area (Å²) in [5.41, 5.74) is 0.569. The maximum Gasteiger partial charge on any atom is 0.238 e. The highest BCUT2D eigenvalue weighted by Crippen LogP contribution is 2.22. The van der Waals surface area contributed by atoms with Crippen molar-refractivity contribution >= 4 is 10.0 Å². The molecule has 15 heavy (non-hydrogen) atoms. The molecular weight excluding hydrogens is 216 g/mol. The molecule has 0 heterocycles. The lowest BCUT2D eigenvalue weighted by Crippen LogP contribution is -2.12. The molecule has 1 aromatic carbocycles. The van der Waals surface area contributed by atoms with Crippen LogP contribution >= 0.6 is 0 Å². The van der Waals surface area contributed by atoms with Gasteiger partial charge in [0.2, 0.25) is 10.0 Å². The molecule has 0 aromatic heterocycles. The summed E-state index contributed by atoms with van der Waals surface area (Å²) in [6.07, 6.45) is 0.525. The lowest BCUT2D eigenvalue weighted by Gasteiger charge is -2.07. The molecule has 0 amide bonds. The van der Waals surface area contributed by atoms with Crippen molar-refractivity contribution in [3.63, 3.8) is 0 Å². The highest BCUT2D eigenvalue weighted by atomic mass is 32.2. The smallest absolute Gasteiger partial charge is 0.225 e. The molecule has 0 saturated carbocycles. The molecule has 5 nitrogen and oxygen atoms in total. The number of rotatable bonds is 4. The van der Waals surface area contributed by atoms with E-state index in [1.807, 2.05) is 0 Å². The summed E-state index contributed by atoms with van der Waals surface area (Å²) in [7, 11) is -3.72. The Bertz CT molecular complexity index is 456. The molecule has 0 aliphatic carbocycles. The molecule has 0 spiro atoms. The van der Waals surface area contributed by atoms with Crippen molar-refractivity contribution in [2.45, 2.75) is 24.3 Å². The molecule has 1 aromatic rings. The number of nitrogens with zero attached hydrogens (tertiary/aromatic N) is 1. The number of nitroso groups, excluding NO2 is 1. The molecule has 1 atom stereocenters. The van der Waals surface area contributed by atoms with Crippen LogP contribution in [0.5, 0.6) is 0 Å². The second kappa shape index (κ2) is 4.50. The first-order chi connectivity index (χ1) is 6.99. The molecule has 0 fully saturated rings. The molecular formula is C9H12N2O3S. The fourth-order valence-corrected chi connectivity index (χ4v) is 1.84. The number of sulfonamides is 1. The van der Waals surface area contributed by atoms with E-state index in [-0.39, 0.29) is 4.90 Å². The summed E-state index contributed by atoms with van der Waals surface area (Å²) < 4.78 is 22.1. The molecule has 2 N–H and O–H groups in total. The number of primary sulfonamides is 1. The Kier molecular flexibility index (Phi) is 3.54. The van der Waals surface area contributed by atoms with Gasteiger partial charge in [-0.2, -0.15) is 4.91 Å². The van der Waals surface area contributed by atoms with E-state index >= 15 is 0 Å². The minimum atomic E-state index is -3.72. The second-order valence-electron chi connectivity index (χ2n) is 3.15. The first kappa shape index (κ1) is 11.8. The van der Waals surface area contributed by atoms with Gasteiger partial charge in [-0.3, -0.25) is 0 Å². The topological polar surface area (TPSA) is 89.6 Å². The van der Waals surface area contributed by atoms with Gasteiger partial charge in [-0.25, -0.2) is 13.6 Å². The van der Waals surface area contributed by atoms with Crippen molar-refractivity contribution < 1.29 is 8.42 Å². The Morgan fingerprint density at radius 1 is 1.47 bits per heavy atom. The summed E-state index contributed by atoms with van der Waals surface area (Å²) in [5.74, 6) is 0. The summed E-state index contributed by atoms with van der Waals surface area (Å²) in [6.45, 7) is 1.80. The number of benzene rings is 1. The van der Waals surface area contributed by atoms with Gasteiger partial charge in [-0.15, -0.1) is 0 Å². The predicted molar refractivity (Wildman–Crippen MR) is 56.6 cm³/mol. The van der Waals surface area contributed by atoms with Crippen LogP contribution in [0.2, 0.25) is 0 Å². The first-order valence-corrected chi connectivity index (χ1v) is 5.99. The zero-order chi connectivity index (χ0) is 11.5. The van der Waals surface area contributed by atoms with Crippen LogP contribution in [0.4, 0.5) is 0 Å². The van der Waals surface area contributed by atoms with Crippen molar-refractivity contribution in [3.8, 4) is 0 Å². The quantitative estimate of drug-likeness (QED) is 0.793. The zero-order valence-corrected chi connectivity index (χ0v) is 9.07. The molecule has 1 rings (SSSR count). The normalized spacial score (nSPS) is 13.5. The SMILES string of the molecule is CCC(N=O)c1cccc(S(N)(=O)=O)c1. The van der Waals surface area contributed by atoms with Gasteiger partial charge in [-0.05, 0) is 24.1 Å². The van der Waals surface area contributed by atoms with Gasteiger partial charge in [0.25, 0.3) is 0 Å². The lowest BCUT2D eigenvalue weighted by molar-refractivity contribution is 0.597. The summed E-state index contributed by atoms with van der Waals surface area (Å²) >= 11 is 0. The second-order valence-corrected chi connectivity index (χ2v) is 4.71. The van der Waals surface area contributed by atoms with Crippen molar-refractivity contribution in [3.05, 3.63) is 34.7 Å². The van der Waals surface area contributed by atoms with E-state index in [0.717, 1.165) is 0 Å². The van der Waals surface area contributed by atoms with E-state index in [0.29, 0.717) is 12.0 Å². The molecule has 0 bridgehead atoms. The minimum Gasteiger partial charge on any atom is -0.225 e. The third-order valence-corrected chi connectivity index (χ3v) is 3.00. The molecule has 0 radical (unpaired) electrons. The first-order valence-electron chi connectivity index (χ1n) is 4.44. The molecule has 0 aliphatic heterocycles.